The Morgan fingerprint density at radius 1 is 1.13 bits per heavy atom. The summed E-state index contributed by atoms with van der Waals surface area (Å²) < 4.78 is 0. The normalized spacial score (nSPS) is 10.7. The van der Waals surface area contributed by atoms with E-state index in [1.807, 2.05) is 12.2 Å². The number of unbranched alkanes of at least 4 members (excludes halogenated alkanes) is 4. The van der Waals surface area contributed by atoms with E-state index in [-0.39, 0.29) is 0 Å². The predicted molar refractivity (Wildman–Crippen MR) is 67.0 cm³/mol. The Kier molecular flexibility index (Phi) is 10.6. The summed E-state index contributed by atoms with van der Waals surface area (Å²) >= 11 is 0. The molecule has 0 saturated carbocycles. The fourth-order valence-corrected chi connectivity index (χ4v) is 1.53. The van der Waals surface area contributed by atoms with Gasteiger partial charge in [-0.1, -0.05) is 44.6 Å². The number of carbonyl (C=O) groups is 1. The number of rotatable bonds is 10. The largest absolute Gasteiger partial charge is 0.300 e. The Morgan fingerprint density at radius 3 is 2.53 bits per heavy atom. The third-order valence-corrected chi connectivity index (χ3v) is 2.38. The number of carbonyl (C=O) groups excluding carboxylic acids is 1. The van der Waals surface area contributed by atoms with Gasteiger partial charge in [0.15, 0.2) is 0 Å². The molecule has 0 atom stereocenters. The van der Waals surface area contributed by atoms with E-state index >= 15 is 0 Å². The van der Waals surface area contributed by atoms with E-state index in [0.717, 1.165) is 32.1 Å². The first-order chi connectivity index (χ1) is 7.31. The lowest BCUT2D eigenvalue weighted by atomic mass is 10.1. The lowest BCUT2D eigenvalue weighted by Gasteiger charge is -1.99. The quantitative estimate of drug-likeness (QED) is 0.383. The highest BCUT2D eigenvalue weighted by atomic mass is 16.1. The maximum atomic E-state index is 11.2. The number of hydrogen-bond acceptors (Lipinski definition) is 1. The van der Waals surface area contributed by atoms with Crippen molar-refractivity contribution < 1.29 is 4.79 Å². The van der Waals surface area contributed by atoms with Crippen LogP contribution in [0.3, 0.4) is 0 Å². The van der Waals surface area contributed by atoms with Gasteiger partial charge in [-0.05, 0) is 25.7 Å². The van der Waals surface area contributed by atoms with Crippen molar-refractivity contribution in [3.05, 3.63) is 24.8 Å². The Labute approximate surface area is 94.3 Å². The number of ketones is 1. The molecule has 0 bridgehead atoms. The highest BCUT2D eigenvalue weighted by Crippen LogP contribution is 2.07. The molecule has 0 aromatic heterocycles. The van der Waals surface area contributed by atoms with Gasteiger partial charge in [-0.25, -0.2) is 0 Å². The van der Waals surface area contributed by atoms with Crippen LogP contribution >= 0.6 is 0 Å². The molecule has 0 amide bonds. The van der Waals surface area contributed by atoms with Gasteiger partial charge in [-0.15, -0.1) is 0 Å². The zero-order valence-electron chi connectivity index (χ0n) is 10.0. The van der Waals surface area contributed by atoms with Crippen LogP contribution in [0.4, 0.5) is 0 Å². The molecule has 0 heterocycles. The van der Waals surface area contributed by atoms with Gasteiger partial charge in [-0.2, -0.15) is 0 Å². The smallest absolute Gasteiger partial charge is 0.132 e. The molecule has 0 aliphatic rings. The molecule has 1 heteroatoms. The molecule has 1 nitrogen and oxygen atoms in total. The third kappa shape index (κ3) is 11.1. The molecule has 0 unspecified atom stereocenters. The first kappa shape index (κ1) is 14.2. The molecule has 0 radical (unpaired) electrons. The van der Waals surface area contributed by atoms with E-state index in [1.165, 1.54) is 19.3 Å². The van der Waals surface area contributed by atoms with Crippen LogP contribution in [0.15, 0.2) is 24.8 Å². The van der Waals surface area contributed by atoms with Crippen LogP contribution in [-0.2, 0) is 4.79 Å². The number of allylic oxidation sites excluding steroid dienone is 3. The minimum Gasteiger partial charge on any atom is -0.300 e. The zero-order chi connectivity index (χ0) is 11.4. The van der Waals surface area contributed by atoms with Crippen molar-refractivity contribution in [3.63, 3.8) is 0 Å². The average Bonchev–Trinajstić information content (AvgIpc) is 2.22. The predicted octanol–water partition coefficient (Wildman–Crippen LogP) is 4.44. The lowest BCUT2D eigenvalue weighted by Crippen LogP contribution is -1.95. The summed E-state index contributed by atoms with van der Waals surface area (Å²) in [7, 11) is 0. The standard InChI is InChI=1S/C14H24O/c1-3-5-6-7-8-9-10-11-13-14(15)12-4-2/h3,5-6H,1,4,7-13H2,2H3/b6-5-. The van der Waals surface area contributed by atoms with Crippen LogP contribution in [0.25, 0.3) is 0 Å². The SMILES string of the molecule is C=C/C=C\CCCCCCC(=O)CCC. The van der Waals surface area contributed by atoms with Crippen molar-refractivity contribution in [1.29, 1.82) is 0 Å². The molecule has 0 fully saturated rings. The highest BCUT2D eigenvalue weighted by molar-refractivity contribution is 5.78. The van der Waals surface area contributed by atoms with E-state index in [4.69, 9.17) is 0 Å². The van der Waals surface area contributed by atoms with Gasteiger partial charge in [0.1, 0.15) is 5.78 Å². The van der Waals surface area contributed by atoms with Crippen molar-refractivity contribution in [2.24, 2.45) is 0 Å². The van der Waals surface area contributed by atoms with Crippen LogP contribution in [0.5, 0.6) is 0 Å². The summed E-state index contributed by atoms with van der Waals surface area (Å²) in [6, 6.07) is 0. The Balaban J connectivity index is 3.14. The van der Waals surface area contributed by atoms with E-state index in [1.54, 1.807) is 0 Å². The topological polar surface area (TPSA) is 17.1 Å². The van der Waals surface area contributed by atoms with Crippen molar-refractivity contribution >= 4 is 5.78 Å². The molecule has 0 aliphatic heterocycles. The molecule has 0 aromatic rings. The molecule has 15 heavy (non-hydrogen) atoms. The van der Waals surface area contributed by atoms with E-state index in [2.05, 4.69) is 19.6 Å². The van der Waals surface area contributed by atoms with Gasteiger partial charge < -0.3 is 0 Å². The number of Topliss-reactive ketones (excluding diaryl/α,β-unsaturated/α-hetero) is 1. The molecule has 0 rings (SSSR count). The first-order valence-electron chi connectivity index (χ1n) is 6.10. The average molecular weight is 208 g/mol. The Hall–Kier alpha value is -0.850. The van der Waals surface area contributed by atoms with Crippen LogP contribution in [0.1, 0.15) is 58.3 Å². The molecule has 0 N–H and O–H groups in total. The molecular formula is C14H24O. The van der Waals surface area contributed by atoms with Gasteiger partial charge in [0, 0.05) is 12.8 Å². The van der Waals surface area contributed by atoms with Gasteiger partial charge in [0.2, 0.25) is 0 Å². The van der Waals surface area contributed by atoms with Crippen LogP contribution in [0.2, 0.25) is 0 Å². The van der Waals surface area contributed by atoms with Crippen LogP contribution in [-0.4, -0.2) is 5.78 Å². The molecule has 86 valence electrons. The van der Waals surface area contributed by atoms with Gasteiger partial charge in [0.05, 0.1) is 0 Å². The highest BCUT2D eigenvalue weighted by Gasteiger charge is 1.98. The summed E-state index contributed by atoms with van der Waals surface area (Å²) in [4.78, 5) is 11.2. The van der Waals surface area contributed by atoms with Crippen molar-refractivity contribution in [2.75, 3.05) is 0 Å². The summed E-state index contributed by atoms with van der Waals surface area (Å²) in [6.45, 7) is 5.68. The lowest BCUT2D eigenvalue weighted by molar-refractivity contribution is -0.119. The van der Waals surface area contributed by atoms with Gasteiger partial charge in [0.25, 0.3) is 0 Å². The van der Waals surface area contributed by atoms with E-state index < -0.39 is 0 Å². The van der Waals surface area contributed by atoms with Crippen molar-refractivity contribution in [3.8, 4) is 0 Å². The molecule has 0 aromatic carbocycles. The van der Waals surface area contributed by atoms with Crippen LogP contribution < -0.4 is 0 Å². The summed E-state index contributed by atoms with van der Waals surface area (Å²) in [6.07, 6.45) is 14.4. The van der Waals surface area contributed by atoms with Crippen LogP contribution in [0, 0.1) is 0 Å². The minimum atomic E-state index is 0.434. The first-order valence-corrected chi connectivity index (χ1v) is 6.10. The summed E-state index contributed by atoms with van der Waals surface area (Å²) in [5, 5.41) is 0. The monoisotopic (exact) mass is 208 g/mol. The second-order valence-corrected chi connectivity index (χ2v) is 3.91. The maximum absolute atomic E-state index is 11.2. The molecule has 0 aliphatic carbocycles. The fraction of sp³-hybridized carbons (Fsp3) is 0.643. The summed E-state index contributed by atoms with van der Waals surface area (Å²) in [5.74, 6) is 0.434. The van der Waals surface area contributed by atoms with Gasteiger partial charge >= 0.3 is 0 Å². The molecule has 0 saturated heterocycles. The third-order valence-electron chi connectivity index (χ3n) is 2.38. The van der Waals surface area contributed by atoms with Crippen molar-refractivity contribution in [2.45, 2.75) is 58.3 Å². The number of hydrogen-bond donors (Lipinski definition) is 0. The zero-order valence-corrected chi connectivity index (χ0v) is 10.0. The van der Waals surface area contributed by atoms with Crippen molar-refractivity contribution in [1.82, 2.24) is 0 Å². The second kappa shape index (κ2) is 11.2. The van der Waals surface area contributed by atoms with Gasteiger partial charge in [-0.3, -0.25) is 4.79 Å². The minimum absolute atomic E-state index is 0.434. The Morgan fingerprint density at radius 2 is 1.87 bits per heavy atom. The second-order valence-electron chi connectivity index (χ2n) is 3.91. The van der Waals surface area contributed by atoms with E-state index in [9.17, 15) is 4.79 Å². The molecular weight excluding hydrogens is 184 g/mol. The fourth-order valence-electron chi connectivity index (χ4n) is 1.53. The Bertz CT molecular complexity index is 192. The summed E-state index contributed by atoms with van der Waals surface area (Å²) in [5.41, 5.74) is 0. The maximum Gasteiger partial charge on any atom is 0.132 e. The van der Waals surface area contributed by atoms with E-state index in [0.29, 0.717) is 5.78 Å². The molecule has 0 spiro atoms.